The van der Waals surface area contributed by atoms with Gasteiger partial charge in [0.1, 0.15) is 0 Å². The summed E-state index contributed by atoms with van der Waals surface area (Å²) in [6.45, 7) is 5.95. The highest BCUT2D eigenvalue weighted by molar-refractivity contribution is 6.30. The SMILES string of the molecule is Clc1cccc(N2CCN(CCCn3nnnc3C(c3ccccc3)c3ccccc3)CC2)c1. The number of hydrogen-bond donors (Lipinski definition) is 0. The van der Waals surface area contributed by atoms with Crippen LogP contribution >= 0.6 is 11.6 Å². The molecule has 6 nitrogen and oxygen atoms in total. The average Bonchev–Trinajstić information content (AvgIpc) is 3.34. The van der Waals surface area contributed by atoms with Crippen molar-refractivity contribution in [1.29, 1.82) is 0 Å². The average molecular weight is 473 g/mol. The normalized spacial score (nSPS) is 14.6. The van der Waals surface area contributed by atoms with E-state index in [-0.39, 0.29) is 5.92 Å². The van der Waals surface area contributed by atoms with Crippen molar-refractivity contribution < 1.29 is 0 Å². The zero-order valence-corrected chi connectivity index (χ0v) is 19.9. The fourth-order valence-corrected chi connectivity index (χ4v) is 4.89. The van der Waals surface area contributed by atoms with E-state index in [0.29, 0.717) is 0 Å². The first-order valence-electron chi connectivity index (χ1n) is 11.9. The predicted octanol–water partition coefficient (Wildman–Crippen LogP) is 4.72. The number of halogens is 1. The summed E-state index contributed by atoms with van der Waals surface area (Å²) in [5, 5.41) is 13.6. The van der Waals surface area contributed by atoms with Crippen LogP contribution in [0.1, 0.15) is 29.3 Å². The molecule has 4 aromatic rings. The van der Waals surface area contributed by atoms with Crippen LogP contribution in [0.3, 0.4) is 0 Å². The van der Waals surface area contributed by atoms with Gasteiger partial charge < -0.3 is 4.90 Å². The van der Waals surface area contributed by atoms with E-state index >= 15 is 0 Å². The number of aromatic nitrogens is 4. The summed E-state index contributed by atoms with van der Waals surface area (Å²) >= 11 is 6.17. The van der Waals surface area contributed by atoms with Crippen LogP contribution in [0.15, 0.2) is 84.9 Å². The first-order chi connectivity index (χ1) is 16.8. The second kappa shape index (κ2) is 10.8. The van der Waals surface area contributed by atoms with Gasteiger partial charge in [-0.15, -0.1) is 5.10 Å². The lowest BCUT2D eigenvalue weighted by Crippen LogP contribution is -2.46. The van der Waals surface area contributed by atoms with Crippen LogP contribution in [0.25, 0.3) is 0 Å². The molecule has 34 heavy (non-hydrogen) atoms. The van der Waals surface area contributed by atoms with Crippen molar-refractivity contribution in [3.63, 3.8) is 0 Å². The maximum absolute atomic E-state index is 6.17. The Balaban J connectivity index is 1.21. The first kappa shape index (κ1) is 22.6. The highest BCUT2D eigenvalue weighted by Crippen LogP contribution is 2.30. The van der Waals surface area contributed by atoms with Gasteiger partial charge in [0, 0.05) is 50.0 Å². The third-order valence-corrected chi connectivity index (χ3v) is 6.71. The molecule has 3 aromatic carbocycles. The third-order valence-electron chi connectivity index (χ3n) is 6.47. The molecule has 1 saturated heterocycles. The zero-order valence-electron chi connectivity index (χ0n) is 19.2. The van der Waals surface area contributed by atoms with Crippen molar-refractivity contribution in [3.05, 3.63) is 107 Å². The largest absolute Gasteiger partial charge is 0.369 e. The summed E-state index contributed by atoms with van der Waals surface area (Å²) in [7, 11) is 0. The number of tetrazole rings is 1. The Kier molecular flexibility index (Phi) is 7.17. The summed E-state index contributed by atoms with van der Waals surface area (Å²) in [4.78, 5) is 4.93. The van der Waals surface area contributed by atoms with Crippen molar-refractivity contribution in [2.45, 2.75) is 18.9 Å². The molecule has 1 fully saturated rings. The molecule has 7 heteroatoms. The van der Waals surface area contributed by atoms with Crippen LogP contribution in [0, 0.1) is 0 Å². The lowest BCUT2D eigenvalue weighted by Gasteiger charge is -2.36. The van der Waals surface area contributed by atoms with Gasteiger partial charge in [0.15, 0.2) is 5.82 Å². The standard InChI is InChI=1S/C27H29ClN6/c28-24-13-7-14-25(21-24)33-19-17-32(18-20-33)15-8-16-34-27(29-30-31-34)26(22-9-3-1-4-10-22)23-11-5-2-6-12-23/h1-7,9-14,21,26H,8,15-20H2. The molecule has 1 aliphatic heterocycles. The van der Waals surface area contributed by atoms with E-state index in [9.17, 15) is 0 Å². The van der Waals surface area contributed by atoms with Crippen LogP contribution in [0.4, 0.5) is 5.69 Å². The quantitative estimate of drug-likeness (QED) is 0.371. The first-order valence-corrected chi connectivity index (χ1v) is 12.2. The Labute approximate surface area is 205 Å². The predicted molar refractivity (Wildman–Crippen MR) is 136 cm³/mol. The van der Waals surface area contributed by atoms with Crippen molar-refractivity contribution >= 4 is 17.3 Å². The molecule has 0 aliphatic carbocycles. The van der Waals surface area contributed by atoms with Crippen LogP contribution in [-0.2, 0) is 6.54 Å². The third kappa shape index (κ3) is 5.29. The van der Waals surface area contributed by atoms with Gasteiger partial charge in [-0.05, 0) is 46.2 Å². The van der Waals surface area contributed by atoms with E-state index in [1.165, 1.54) is 16.8 Å². The Hall–Kier alpha value is -3.22. The monoisotopic (exact) mass is 472 g/mol. The number of rotatable bonds is 8. The maximum Gasteiger partial charge on any atom is 0.163 e. The van der Waals surface area contributed by atoms with Gasteiger partial charge in [-0.1, -0.05) is 78.3 Å². The Morgan fingerprint density at radius 2 is 1.44 bits per heavy atom. The molecule has 1 aromatic heterocycles. The molecule has 0 amide bonds. The molecule has 5 rings (SSSR count). The fraction of sp³-hybridized carbons (Fsp3) is 0.296. The highest BCUT2D eigenvalue weighted by Gasteiger charge is 2.23. The molecular formula is C27H29ClN6. The molecular weight excluding hydrogens is 444 g/mol. The number of piperazine rings is 1. The summed E-state index contributed by atoms with van der Waals surface area (Å²) in [5.74, 6) is 0.904. The minimum atomic E-state index is 0.0126. The Morgan fingerprint density at radius 3 is 2.09 bits per heavy atom. The van der Waals surface area contributed by atoms with Crippen molar-refractivity contribution in [3.8, 4) is 0 Å². The second-order valence-electron chi connectivity index (χ2n) is 8.68. The molecule has 0 unspecified atom stereocenters. The van der Waals surface area contributed by atoms with Crippen LogP contribution < -0.4 is 4.90 Å². The fourth-order valence-electron chi connectivity index (χ4n) is 4.71. The molecule has 0 radical (unpaired) electrons. The van der Waals surface area contributed by atoms with Gasteiger partial charge in [-0.2, -0.15) is 0 Å². The summed E-state index contributed by atoms with van der Waals surface area (Å²) < 4.78 is 1.98. The highest BCUT2D eigenvalue weighted by atomic mass is 35.5. The van der Waals surface area contributed by atoms with E-state index in [1.54, 1.807) is 0 Å². The maximum atomic E-state index is 6.17. The van der Waals surface area contributed by atoms with Gasteiger partial charge in [0.05, 0.1) is 5.92 Å². The van der Waals surface area contributed by atoms with Crippen molar-refractivity contribution in [2.24, 2.45) is 0 Å². The van der Waals surface area contributed by atoms with E-state index in [0.717, 1.165) is 56.5 Å². The number of benzene rings is 3. The van der Waals surface area contributed by atoms with Gasteiger partial charge in [0.25, 0.3) is 0 Å². The summed E-state index contributed by atoms with van der Waals surface area (Å²) in [5.41, 5.74) is 3.60. The van der Waals surface area contributed by atoms with Crippen molar-refractivity contribution in [2.75, 3.05) is 37.6 Å². The Bertz CT molecular complexity index is 1130. The minimum absolute atomic E-state index is 0.0126. The van der Waals surface area contributed by atoms with Crippen LogP contribution in [-0.4, -0.2) is 57.8 Å². The van der Waals surface area contributed by atoms with Crippen LogP contribution in [0.2, 0.25) is 5.02 Å². The zero-order chi connectivity index (χ0) is 23.2. The lowest BCUT2D eigenvalue weighted by atomic mass is 9.90. The van der Waals surface area contributed by atoms with Crippen molar-refractivity contribution in [1.82, 2.24) is 25.1 Å². The minimum Gasteiger partial charge on any atom is -0.369 e. The molecule has 0 N–H and O–H groups in total. The molecule has 0 atom stereocenters. The van der Waals surface area contributed by atoms with E-state index in [4.69, 9.17) is 11.6 Å². The number of nitrogens with zero attached hydrogens (tertiary/aromatic N) is 6. The van der Waals surface area contributed by atoms with E-state index in [1.807, 2.05) is 35.0 Å². The molecule has 0 saturated carbocycles. The number of aryl methyl sites for hydroxylation is 1. The molecule has 2 heterocycles. The molecule has 0 spiro atoms. The smallest absolute Gasteiger partial charge is 0.163 e. The number of hydrogen-bond acceptors (Lipinski definition) is 5. The Morgan fingerprint density at radius 1 is 0.765 bits per heavy atom. The van der Waals surface area contributed by atoms with Gasteiger partial charge >= 0.3 is 0 Å². The van der Waals surface area contributed by atoms with Gasteiger partial charge in [-0.25, -0.2) is 4.68 Å². The number of anilines is 1. The molecule has 0 bridgehead atoms. The topological polar surface area (TPSA) is 50.1 Å². The summed E-state index contributed by atoms with van der Waals surface area (Å²) in [6.07, 6.45) is 1.01. The van der Waals surface area contributed by atoms with Gasteiger partial charge in [0.2, 0.25) is 0 Å². The van der Waals surface area contributed by atoms with E-state index < -0.39 is 0 Å². The van der Waals surface area contributed by atoms with Crippen LogP contribution in [0.5, 0.6) is 0 Å². The van der Waals surface area contributed by atoms with E-state index in [2.05, 4.69) is 79.9 Å². The lowest BCUT2D eigenvalue weighted by molar-refractivity contribution is 0.248. The van der Waals surface area contributed by atoms with Gasteiger partial charge in [-0.3, -0.25) is 4.90 Å². The summed E-state index contributed by atoms with van der Waals surface area (Å²) in [6, 6.07) is 29.1. The molecule has 174 valence electrons. The molecule has 1 aliphatic rings. The second-order valence-corrected chi connectivity index (χ2v) is 9.11.